The summed E-state index contributed by atoms with van der Waals surface area (Å²) in [7, 11) is -2.30. The van der Waals surface area contributed by atoms with Crippen molar-refractivity contribution in [3.8, 4) is 5.75 Å². The van der Waals surface area contributed by atoms with Gasteiger partial charge in [0, 0.05) is 85.1 Å². The number of benzene rings is 1. The monoisotopic (exact) mass is 556 g/mol. The van der Waals surface area contributed by atoms with Gasteiger partial charge in [0.05, 0.1) is 29.9 Å². The molecule has 1 aromatic carbocycles. The van der Waals surface area contributed by atoms with E-state index in [-0.39, 0.29) is 63.8 Å². The summed E-state index contributed by atoms with van der Waals surface area (Å²) in [6.07, 6.45) is 0. The fraction of sp³-hybridized carbons (Fsp3) is 0.609. The molecule has 14 nitrogen and oxygen atoms in total. The molecule has 15 heteroatoms. The van der Waals surface area contributed by atoms with Gasteiger partial charge in [0.15, 0.2) is 0 Å². The molecule has 214 valence electrons. The highest BCUT2D eigenvalue weighted by Crippen LogP contribution is 2.15. The van der Waals surface area contributed by atoms with Crippen LogP contribution in [-0.4, -0.2) is 138 Å². The highest BCUT2D eigenvalue weighted by molar-refractivity contribution is 7.89. The average molecular weight is 557 g/mol. The summed E-state index contributed by atoms with van der Waals surface area (Å²) >= 11 is 0. The molecule has 2 rings (SSSR count). The van der Waals surface area contributed by atoms with Gasteiger partial charge in [0.1, 0.15) is 5.75 Å². The van der Waals surface area contributed by atoms with Crippen molar-refractivity contribution in [2.24, 2.45) is 0 Å². The summed E-state index contributed by atoms with van der Waals surface area (Å²) in [5, 5.41) is 33.6. The van der Waals surface area contributed by atoms with Crippen molar-refractivity contribution >= 4 is 27.9 Å². The Bertz CT molecular complexity index is 991. The largest absolute Gasteiger partial charge is 0.549 e. The molecule has 0 spiro atoms. The Morgan fingerprint density at radius 2 is 1.11 bits per heavy atom. The molecule has 1 heterocycles. The van der Waals surface area contributed by atoms with Crippen molar-refractivity contribution in [2.75, 3.05) is 92.2 Å². The van der Waals surface area contributed by atoms with Crippen molar-refractivity contribution in [3.05, 3.63) is 24.3 Å². The molecular formula is C23H34N5O9S-3. The third kappa shape index (κ3) is 11.7. The number of hydrogen-bond acceptors (Lipinski definition) is 13. The van der Waals surface area contributed by atoms with Gasteiger partial charge in [-0.2, -0.15) is 0 Å². The van der Waals surface area contributed by atoms with E-state index >= 15 is 0 Å². The predicted octanol–water partition coefficient (Wildman–Crippen LogP) is -5.56. The molecule has 0 bridgehead atoms. The molecule has 1 aromatic rings. The topological polar surface area (TPSA) is 189 Å². The summed E-state index contributed by atoms with van der Waals surface area (Å²) in [6, 6.07) is 5.93. The Morgan fingerprint density at radius 3 is 1.45 bits per heavy atom. The third-order valence-corrected chi connectivity index (χ3v) is 7.55. The third-order valence-electron chi connectivity index (χ3n) is 6.08. The summed E-state index contributed by atoms with van der Waals surface area (Å²) in [6.45, 7) is 1.48. The molecule has 0 radical (unpaired) electrons. The van der Waals surface area contributed by atoms with E-state index in [0.29, 0.717) is 31.9 Å². The lowest BCUT2D eigenvalue weighted by Crippen LogP contribution is -2.51. The first kappa shape index (κ1) is 31.4. The van der Waals surface area contributed by atoms with Crippen molar-refractivity contribution in [2.45, 2.75) is 4.90 Å². The van der Waals surface area contributed by atoms with Crippen LogP contribution in [0.15, 0.2) is 29.2 Å². The standard InChI is InChI=1S/C23H37N5O9S/c1-37-19-2-4-20(5-3-19)38(35,36)24-6-7-25-8-10-26(16-21(29)30)12-14-28(18-23(33)34)15-13-27(11-9-25)17-22(31)32/h2-5,24H,6-18H2,1H3,(H,29,30)(H,31,32)(H,33,34)/p-3. The van der Waals surface area contributed by atoms with E-state index < -0.39 is 27.9 Å². The number of sulfonamides is 1. The summed E-state index contributed by atoms with van der Waals surface area (Å²) < 4.78 is 32.9. The molecule has 0 unspecified atom stereocenters. The number of hydrogen-bond donors (Lipinski definition) is 1. The molecule has 1 fully saturated rings. The maximum absolute atomic E-state index is 12.7. The minimum absolute atomic E-state index is 0.0642. The molecule has 0 saturated carbocycles. The van der Waals surface area contributed by atoms with Gasteiger partial charge in [0.25, 0.3) is 0 Å². The van der Waals surface area contributed by atoms with E-state index in [0.717, 1.165) is 0 Å². The van der Waals surface area contributed by atoms with Crippen LogP contribution < -0.4 is 24.8 Å². The van der Waals surface area contributed by atoms with Crippen molar-refractivity contribution < 1.29 is 42.9 Å². The fourth-order valence-corrected chi connectivity index (χ4v) is 5.02. The number of aliphatic carboxylic acids is 3. The highest BCUT2D eigenvalue weighted by atomic mass is 32.2. The number of rotatable bonds is 12. The van der Waals surface area contributed by atoms with E-state index in [2.05, 4.69) is 4.72 Å². The lowest BCUT2D eigenvalue weighted by molar-refractivity contribution is -0.308. The number of nitrogens with one attached hydrogen (secondary N) is 1. The zero-order chi connectivity index (χ0) is 28.1. The van der Waals surface area contributed by atoms with Gasteiger partial charge in [-0.15, -0.1) is 0 Å². The van der Waals surface area contributed by atoms with E-state index in [1.165, 1.54) is 31.4 Å². The van der Waals surface area contributed by atoms with Crippen molar-refractivity contribution in [3.63, 3.8) is 0 Å². The zero-order valence-electron chi connectivity index (χ0n) is 21.4. The van der Waals surface area contributed by atoms with E-state index in [9.17, 15) is 38.1 Å². The van der Waals surface area contributed by atoms with Crippen LogP contribution in [0.3, 0.4) is 0 Å². The average Bonchev–Trinajstić information content (AvgIpc) is 2.84. The molecule has 38 heavy (non-hydrogen) atoms. The molecule has 1 aliphatic heterocycles. The zero-order valence-corrected chi connectivity index (χ0v) is 22.2. The Morgan fingerprint density at radius 1 is 0.737 bits per heavy atom. The number of carboxylic acid groups (broad SMARTS) is 3. The molecular weight excluding hydrogens is 522 g/mol. The van der Waals surface area contributed by atoms with Crippen LogP contribution in [0.1, 0.15) is 0 Å². The minimum Gasteiger partial charge on any atom is -0.549 e. The summed E-state index contributed by atoms with van der Waals surface area (Å²) in [5.74, 6) is -3.32. The predicted molar refractivity (Wildman–Crippen MR) is 129 cm³/mol. The van der Waals surface area contributed by atoms with Crippen LogP contribution in [0, 0.1) is 0 Å². The Balaban J connectivity index is 2.09. The van der Waals surface area contributed by atoms with Crippen LogP contribution in [-0.2, 0) is 24.4 Å². The molecule has 1 saturated heterocycles. The van der Waals surface area contributed by atoms with Gasteiger partial charge in [-0.05, 0) is 24.3 Å². The second-order valence-electron chi connectivity index (χ2n) is 8.86. The van der Waals surface area contributed by atoms with Gasteiger partial charge in [-0.1, -0.05) is 0 Å². The van der Waals surface area contributed by atoms with Crippen LogP contribution in [0.2, 0.25) is 0 Å². The second-order valence-corrected chi connectivity index (χ2v) is 10.6. The van der Waals surface area contributed by atoms with Crippen LogP contribution in [0.25, 0.3) is 0 Å². The number of carbonyl (C=O) groups excluding carboxylic acids is 3. The minimum atomic E-state index is -3.78. The van der Waals surface area contributed by atoms with Gasteiger partial charge in [-0.25, -0.2) is 13.1 Å². The second kappa shape index (κ2) is 15.6. The van der Waals surface area contributed by atoms with E-state index in [1.54, 1.807) is 14.7 Å². The highest BCUT2D eigenvalue weighted by Gasteiger charge is 2.18. The number of carboxylic acids is 3. The Labute approximate surface area is 222 Å². The first-order valence-corrected chi connectivity index (χ1v) is 13.6. The number of methoxy groups -OCH3 is 1. The molecule has 1 aliphatic rings. The number of nitrogens with zero attached hydrogens (tertiary/aromatic N) is 4. The number of carbonyl (C=O) groups is 3. The first-order chi connectivity index (χ1) is 18.0. The van der Waals surface area contributed by atoms with Crippen LogP contribution >= 0.6 is 0 Å². The van der Waals surface area contributed by atoms with E-state index in [1.807, 2.05) is 4.90 Å². The maximum atomic E-state index is 12.7. The molecule has 0 atom stereocenters. The van der Waals surface area contributed by atoms with Gasteiger partial charge in [0.2, 0.25) is 10.0 Å². The summed E-state index contributed by atoms with van der Waals surface area (Å²) in [5.41, 5.74) is 0. The quantitative estimate of drug-likeness (QED) is 0.257. The first-order valence-electron chi connectivity index (χ1n) is 12.1. The molecule has 0 amide bonds. The molecule has 1 N–H and O–H groups in total. The van der Waals surface area contributed by atoms with Gasteiger partial charge in [-0.3, -0.25) is 19.6 Å². The van der Waals surface area contributed by atoms with Crippen molar-refractivity contribution in [1.82, 2.24) is 24.3 Å². The molecule has 0 aromatic heterocycles. The smallest absolute Gasteiger partial charge is 0.240 e. The normalized spacial score (nSPS) is 17.8. The Hall–Kier alpha value is -2.82. The van der Waals surface area contributed by atoms with Gasteiger partial charge < -0.3 is 34.4 Å². The lowest BCUT2D eigenvalue weighted by atomic mass is 10.3. The van der Waals surface area contributed by atoms with Gasteiger partial charge >= 0.3 is 0 Å². The number of ether oxygens (including phenoxy) is 1. The fourth-order valence-electron chi connectivity index (χ4n) is 4.00. The maximum Gasteiger partial charge on any atom is 0.240 e. The SMILES string of the molecule is COc1ccc(S(=O)(=O)NCCN2CCN(CC(=O)[O-])CCN(CC(=O)[O-])CCN(CC(=O)[O-])CC2)cc1. The summed E-state index contributed by atoms with van der Waals surface area (Å²) in [4.78, 5) is 40.4. The lowest BCUT2D eigenvalue weighted by Gasteiger charge is -2.34. The van der Waals surface area contributed by atoms with Crippen LogP contribution in [0.4, 0.5) is 0 Å². The molecule has 0 aliphatic carbocycles. The van der Waals surface area contributed by atoms with Crippen molar-refractivity contribution in [1.29, 1.82) is 0 Å². The Kier molecular flexibility index (Phi) is 12.9. The van der Waals surface area contributed by atoms with E-state index in [4.69, 9.17) is 4.74 Å². The van der Waals surface area contributed by atoms with Crippen LogP contribution in [0.5, 0.6) is 5.75 Å².